The minimum absolute atomic E-state index is 0. The molecular formula is C32H41BrNiO2P2+. The van der Waals surface area contributed by atoms with Crippen LogP contribution in [0.3, 0.4) is 0 Å². The second-order valence-corrected chi connectivity index (χ2v) is 14.8. The van der Waals surface area contributed by atoms with Gasteiger partial charge < -0.3 is 21.7 Å². The summed E-state index contributed by atoms with van der Waals surface area (Å²) in [5.41, 5.74) is 4.44. The first-order valence-corrected chi connectivity index (χ1v) is 16.2. The van der Waals surface area contributed by atoms with Gasteiger partial charge in [-0.1, -0.05) is 106 Å². The molecule has 0 N–H and O–H groups in total. The maximum absolute atomic E-state index is 12.0. The van der Waals surface area contributed by atoms with Gasteiger partial charge >= 0.3 is 22.4 Å². The predicted octanol–water partition coefficient (Wildman–Crippen LogP) is 5.55. The van der Waals surface area contributed by atoms with Crippen molar-refractivity contribution in [3.8, 4) is 0 Å². The monoisotopic (exact) mass is 656 g/mol. The third-order valence-electron chi connectivity index (χ3n) is 5.61. The molecule has 38 heavy (non-hydrogen) atoms. The van der Waals surface area contributed by atoms with Gasteiger partial charge in [0.1, 0.15) is 5.60 Å². The van der Waals surface area contributed by atoms with E-state index in [2.05, 4.69) is 93.2 Å². The van der Waals surface area contributed by atoms with Crippen molar-refractivity contribution in [2.75, 3.05) is 18.5 Å². The van der Waals surface area contributed by atoms with Crippen LogP contribution in [0.4, 0.5) is 0 Å². The molecule has 0 saturated carbocycles. The topological polar surface area (TPSA) is 29.1 Å². The van der Waals surface area contributed by atoms with E-state index in [-0.39, 0.29) is 33.5 Å². The van der Waals surface area contributed by atoms with Gasteiger partial charge in [0.2, 0.25) is 0 Å². The van der Waals surface area contributed by atoms with E-state index < -0.39 is 19.5 Å². The fourth-order valence-electron chi connectivity index (χ4n) is 3.65. The summed E-state index contributed by atoms with van der Waals surface area (Å²) in [6.07, 6.45) is 6.89. The Morgan fingerprint density at radius 2 is 1.24 bits per heavy atom. The summed E-state index contributed by atoms with van der Waals surface area (Å²) in [5, 5.41) is 14.7. The standard InChI is InChI=1S/C26H26O2P.C6H15P.BrH.Ni/c1-26(2,3)28-25(27)19-18-21-12-10-11-13-22(21)20-29(23-14-6-4-7-15-23)24-16-8-5-9-17-24;1-4-7(5-2)6-3;;/h4-18H,20H2,1-3H3;4-6H2,1-3H3;1H;/q;;;+2/p-1. The number of halogens is 1. The number of ether oxygens (including phenoxy) is 1. The van der Waals surface area contributed by atoms with Crippen LogP contribution in [-0.4, -0.2) is 24.1 Å². The molecule has 3 rings (SSSR count). The zero-order chi connectivity index (χ0) is 26.4. The van der Waals surface area contributed by atoms with E-state index in [1.807, 2.05) is 39.0 Å². The molecule has 207 valence electrons. The second-order valence-electron chi connectivity index (χ2n) is 9.37. The maximum atomic E-state index is 12.0. The summed E-state index contributed by atoms with van der Waals surface area (Å²) >= 11 is 0. The minimum atomic E-state index is -0.556. The second kappa shape index (κ2) is 19.6. The number of rotatable bonds is 9. The summed E-state index contributed by atoms with van der Waals surface area (Å²) < 4.78 is 5.34. The molecule has 0 unspecified atom stereocenters. The summed E-state index contributed by atoms with van der Waals surface area (Å²) in [4.78, 5) is 0. The fourth-order valence-corrected chi connectivity index (χ4v) is 7.35. The van der Waals surface area contributed by atoms with Crippen molar-refractivity contribution >= 4 is 32.5 Å². The molecule has 0 atom stereocenters. The molecule has 2 nitrogen and oxygen atoms in total. The van der Waals surface area contributed by atoms with Gasteiger partial charge in [0.05, 0.1) is 0 Å². The Labute approximate surface area is 254 Å². The molecule has 0 aliphatic heterocycles. The third kappa shape index (κ3) is 13.6. The van der Waals surface area contributed by atoms with Crippen molar-refractivity contribution in [2.24, 2.45) is 0 Å². The Balaban J connectivity index is 0.00000135. The van der Waals surface area contributed by atoms with Crippen molar-refractivity contribution in [3.05, 3.63) is 108 Å². The number of hydrogen-bond donors (Lipinski definition) is 0. The van der Waals surface area contributed by atoms with Gasteiger partial charge in [0.25, 0.3) is 0 Å². The van der Waals surface area contributed by atoms with Gasteiger partial charge in [-0.3, -0.25) is 0 Å². The summed E-state index contributed by atoms with van der Waals surface area (Å²) in [6, 6.07) is 29.4. The average Bonchev–Trinajstić information content (AvgIpc) is 2.88. The average molecular weight is 658 g/mol. The zero-order valence-corrected chi connectivity index (χ0v) is 27.8. The molecule has 0 aliphatic carbocycles. The van der Waals surface area contributed by atoms with Gasteiger partial charge in [0.15, 0.2) is 0 Å². The van der Waals surface area contributed by atoms with Gasteiger partial charge in [0, 0.05) is 6.16 Å². The smallest absolute Gasteiger partial charge is 1.00 e. The largest absolute Gasteiger partial charge is 2.00 e. The van der Waals surface area contributed by atoms with Gasteiger partial charge in [-0.2, -0.15) is 0 Å². The van der Waals surface area contributed by atoms with Crippen LogP contribution in [0.2, 0.25) is 0 Å². The normalized spacial score (nSPS) is 10.3. The summed E-state index contributed by atoms with van der Waals surface area (Å²) in [5.74, 6) is -0.444. The van der Waals surface area contributed by atoms with Crippen molar-refractivity contribution in [2.45, 2.75) is 53.3 Å². The molecule has 0 saturated heterocycles. The first kappa shape index (κ1) is 36.6. The molecule has 0 spiro atoms. The summed E-state index contributed by atoms with van der Waals surface area (Å²) in [6.45, 7) is 12.4. The molecule has 0 heterocycles. The van der Waals surface area contributed by atoms with Crippen LogP contribution in [0, 0.1) is 0 Å². The van der Waals surface area contributed by atoms with E-state index >= 15 is 0 Å². The van der Waals surface area contributed by atoms with Crippen LogP contribution in [0.25, 0.3) is 6.08 Å². The molecule has 3 aromatic carbocycles. The van der Waals surface area contributed by atoms with E-state index in [0.717, 1.165) is 11.7 Å². The van der Waals surface area contributed by atoms with E-state index in [1.54, 1.807) is 6.08 Å². The Morgan fingerprint density at radius 3 is 1.66 bits per heavy atom. The molecule has 0 fully saturated rings. The van der Waals surface area contributed by atoms with E-state index in [9.17, 15) is 5.11 Å². The Kier molecular flexibility index (Phi) is 18.9. The molecule has 6 heteroatoms. The van der Waals surface area contributed by atoms with E-state index in [4.69, 9.17) is 4.74 Å². The van der Waals surface area contributed by atoms with Crippen molar-refractivity contribution in [1.82, 2.24) is 0 Å². The Hall–Kier alpha value is -1.39. The molecule has 0 aromatic heterocycles. The molecule has 0 amide bonds. The zero-order valence-electron chi connectivity index (χ0n) is 23.4. The van der Waals surface area contributed by atoms with Crippen molar-refractivity contribution in [3.63, 3.8) is 0 Å². The fraction of sp³-hybridized carbons (Fsp3) is 0.344. The first-order chi connectivity index (χ1) is 17.3. The van der Waals surface area contributed by atoms with Gasteiger partial charge in [-0.15, -0.1) is 7.92 Å². The van der Waals surface area contributed by atoms with Crippen molar-refractivity contribution in [1.29, 1.82) is 0 Å². The SMILES string of the molecule is CC(C)(C)OC([O])=C=Cc1ccccc1CP(c1ccccc1)c1ccccc1.CCP(CC)CC.[Br-].[Ni+2]. The third-order valence-corrected chi connectivity index (χ3v) is 10.8. The molecule has 1 radical (unpaired) electrons. The first-order valence-electron chi connectivity index (χ1n) is 12.8. The van der Waals surface area contributed by atoms with E-state index in [1.165, 1.54) is 34.7 Å². The number of hydrogen-bond acceptors (Lipinski definition) is 1. The maximum Gasteiger partial charge on any atom is 2.00 e. The van der Waals surface area contributed by atoms with Gasteiger partial charge in [-0.25, -0.2) is 5.11 Å². The van der Waals surface area contributed by atoms with Crippen molar-refractivity contribution < 1.29 is 43.3 Å². The van der Waals surface area contributed by atoms with Crippen LogP contribution in [0.5, 0.6) is 0 Å². The van der Waals surface area contributed by atoms with Gasteiger partial charge in [-0.05, 0) is 80.7 Å². The van der Waals surface area contributed by atoms with Crippen LogP contribution in [0.15, 0.2) is 96.6 Å². The van der Waals surface area contributed by atoms with Crippen LogP contribution < -0.4 is 27.6 Å². The molecule has 0 aliphatic rings. The molecular weight excluding hydrogens is 617 g/mol. The van der Waals surface area contributed by atoms with Crippen LogP contribution >= 0.6 is 15.8 Å². The predicted molar refractivity (Wildman–Crippen MR) is 161 cm³/mol. The molecule has 0 bridgehead atoms. The Morgan fingerprint density at radius 1 is 0.789 bits per heavy atom. The quantitative estimate of drug-likeness (QED) is 0.129. The van der Waals surface area contributed by atoms with E-state index in [0.29, 0.717) is 7.92 Å². The number of benzene rings is 3. The minimum Gasteiger partial charge on any atom is -1.00 e. The Bertz CT molecular complexity index is 1050. The summed E-state index contributed by atoms with van der Waals surface area (Å²) in [7, 11) is -0.110. The van der Waals surface area contributed by atoms with Crippen LogP contribution in [0.1, 0.15) is 52.7 Å². The molecule has 3 aromatic rings. The van der Waals surface area contributed by atoms with Crippen LogP contribution in [-0.2, 0) is 32.5 Å².